The minimum Gasteiger partial charge on any atom is -0.382 e. The molecule has 6 heteroatoms. The van der Waals surface area contributed by atoms with Crippen molar-refractivity contribution in [3.8, 4) is 0 Å². The van der Waals surface area contributed by atoms with Crippen LogP contribution in [0.2, 0.25) is 0 Å². The van der Waals surface area contributed by atoms with Crippen LogP contribution in [0.25, 0.3) is 0 Å². The molecular weight excluding hydrogens is 178 g/mol. The van der Waals surface area contributed by atoms with E-state index >= 15 is 0 Å². The van der Waals surface area contributed by atoms with Gasteiger partial charge in [-0.15, -0.1) is 0 Å². The largest absolute Gasteiger partial charge is 0.382 e. The lowest BCUT2D eigenvalue weighted by Gasteiger charge is -1.95. The van der Waals surface area contributed by atoms with Crippen LogP contribution >= 0.6 is 0 Å². The van der Waals surface area contributed by atoms with E-state index in [2.05, 4.69) is 10.2 Å². The second-order valence-corrected chi connectivity index (χ2v) is 4.85. The summed E-state index contributed by atoms with van der Waals surface area (Å²) in [5, 5.41) is 6.17. The lowest BCUT2D eigenvalue weighted by atomic mass is 10.5. The molecular formula is C6H11N3O2S. The van der Waals surface area contributed by atoms with E-state index in [0.29, 0.717) is 11.5 Å². The first-order valence-electron chi connectivity index (χ1n) is 3.53. The molecule has 0 unspecified atom stereocenters. The summed E-state index contributed by atoms with van der Waals surface area (Å²) >= 11 is 0. The third-order valence-corrected chi connectivity index (χ3v) is 3.10. The van der Waals surface area contributed by atoms with E-state index in [4.69, 9.17) is 5.73 Å². The van der Waals surface area contributed by atoms with Crippen molar-refractivity contribution >= 4 is 15.7 Å². The predicted octanol–water partition coefficient (Wildman–Crippen LogP) is -0.0734. The first-order valence-corrected chi connectivity index (χ1v) is 5.36. The van der Waals surface area contributed by atoms with Crippen LogP contribution in [0.1, 0.15) is 12.6 Å². The van der Waals surface area contributed by atoms with Crippen molar-refractivity contribution in [1.29, 1.82) is 0 Å². The summed E-state index contributed by atoms with van der Waals surface area (Å²) in [7, 11) is -2.99. The molecule has 0 aromatic carbocycles. The number of nitrogens with one attached hydrogen (secondary N) is 1. The first-order chi connectivity index (χ1) is 5.53. The number of nitrogens with two attached hydrogens (primary N) is 1. The molecule has 0 aliphatic rings. The molecule has 0 aliphatic heterocycles. The summed E-state index contributed by atoms with van der Waals surface area (Å²) in [6.45, 7) is 1.61. The number of nitrogens with zero attached hydrogens (tertiary/aromatic N) is 1. The van der Waals surface area contributed by atoms with E-state index in [1.165, 1.54) is 6.07 Å². The predicted molar refractivity (Wildman–Crippen MR) is 46.2 cm³/mol. The topological polar surface area (TPSA) is 88.8 Å². The Kier molecular flexibility index (Phi) is 2.37. The van der Waals surface area contributed by atoms with E-state index < -0.39 is 9.84 Å². The number of rotatable bonds is 3. The highest BCUT2D eigenvalue weighted by molar-refractivity contribution is 7.90. The van der Waals surface area contributed by atoms with Gasteiger partial charge in [0.1, 0.15) is 5.82 Å². The second-order valence-electron chi connectivity index (χ2n) is 2.49. The Balaban J connectivity index is 2.77. The summed E-state index contributed by atoms with van der Waals surface area (Å²) in [6, 6.07) is 1.52. The Morgan fingerprint density at radius 3 is 2.75 bits per heavy atom. The second kappa shape index (κ2) is 3.14. The molecule has 0 fully saturated rings. The fourth-order valence-electron chi connectivity index (χ4n) is 0.792. The van der Waals surface area contributed by atoms with Crippen LogP contribution in [0.15, 0.2) is 6.07 Å². The van der Waals surface area contributed by atoms with Gasteiger partial charge in [0.25, 0.3) is 0 Å². The fraction of sp³-hybridized carbons (Fsp3) is 0.500. The maximum atomic E-state index is 11.1. The van der Waals surface area contributed by atoms with Crippen molar-refractivity contribution in [2.45, 2.75) is 12.7 Å². The highest BCUT2D eigenvalue weighted by Gasteiger charge is 2.10. The molecule has 1 heterocycles. The average molecular weight is 189 g/mol. The van der Waals surface area contributed by atoms with Crippen LogP contribution < -0.4 is 5.73 Å². The Morgan fingerprint density at radius 2 is 2.33 bits per heavy atom. The zero-order chi connectivity index (χ0) is 9.19. The summed E-state index contributed by atoms with van der Waals surface area (Å²) < 4.78 is 22.2. The molecule has 0 aliphatic carbocycles. The smallest absolute Gasteiger partial charge is 0.155 e. The van der Waals surface area contributed by atoms with Gasteiger partial charge in [-0.1, -0.05) is 6.92 Å². The van der Waals surface area contributed by atoms with Gasteiger partial charge in [0.2, 0.25) is 0 Å². The number of aromatic amines is 1. The van der Waals surface area contributed by atoms with E-state index in [-0.39, 0.29) is 11.5 Å². The Morgan fingerprint density at radius 1 is 1.67 bits per heavy atom. The third kappa shape index (κ3) is 2.23. The molecule has 1 aromatic rings. The number of aromatic nitrogens is 2. The highest BCUT2D eigenvalue weighted by atomic mass is 32.2. The SMILES string of the molecule is CCS(=O)(=O)Cc1cc(N)n[nH]1. The van der Waals surface area contributed by atoms with Gasteiger partial charge in [0.15, 0.2) is 9.84 Å². The zero-order valence-corrected chi connectivity index (χ0v) is 7.56. The Labute approximate surface area is 70.9 Å². The quantitative estimate of drug-likeness (QED) is 0.696. The van der Waals surface area contributed by atoms with E-state index in [1.54, 1.807) is 6.92 Å². The molecule has 3 N–H and O–H groups in total. The lowest BCUT2D eigenvalue weighted by Crippen LogP contribution is -2.06. The molecule has 68 valence electrons. The van der Waals surface area contributed by atoms with Crippen molar-refractivity contribution in [3.63, 3.8) is 0 Å². The number of sulfone groups is 1. The van der Waals surface area contributed by atoms with E-state index in [1.807, 2.05) is 0 Å². The van der Waals surface area contributed by atoms with Crippen molar-refractivity contribution in [2.24, 2.45) is 0 Å². The standard InChI is InChI=1S/C6H11N3O2S/c1-2-12(10,11)4-5-3-6(7)9-8-5/h3H,2,4H2,1H3,(H3,7,8,9). The van der Waals surface area contributed by atoms with Gasteiger partial charge < -0.3 is 5.73 Å². The van der Waals surface area contributed by atoms with Crippen molar-refractivity contribution < 1.29 is 8.42 Å². The van der Waals surface area contributed by atoms with Crippen LogP contribution in [0.4, 0.5) is 5.82 Å². The molecule has 12 heavy (non-hydrogen) atoms. The minimum absolute atomic E-state index is 0.0201. The molecule has 0 atom stereocenters. The molecule has 0 radical (unpaired) electrons. The number of H-pyrrole nitrogens is 1. The maximum Gasteiger partial charge on any atom is 0.155 e. The Hall–Kier alpha value is -1.04. The lowest BCUT2D eigenvalue weighted by molar-refractivity contribution is 0.595. The molecule has 0 spiro atoms. The zero-order valence-electron chi connectivity index (χ0n) is 6.74. The van der Waals surface area contributed by atoms with Gasteiger partial charge in [0.05, 0.1) is 11.4 Å². The van der Waals surface area contributed by atoms with Gasteiger partial charge in [0, 0.05) is 11.8 Å². The summed E-state index contributed by atoms with van der Waals surface area (Å²) in [4.78, 5) is 0. The van der Waals surface area contributed by atoms with Crippen LogP contribution in [0.5, 0.6) is 0 Å². The van der Waals surface area contributed by atoms with Crippen LogP contribution in [-0.4, -0.2) is 24.4 Å². The number of hydrogen-bond donors (Lipinski definition) is 2. The van der Waals surface area contributed by atoms with E-state index in [9.17, 15) is 8.42 Å². The third-order valence-electron chi connectivity index (χ3n) is 1.47. The van der Waals surface area contributed by atoms with Crippen molar-refractivity contribution in [2.75, 3.05) is 11.5 Å². The number of nitrogen functional groups attached to an aromatic ring is 1. The fourth-order valence-corrected chi connectivity index (χ4v) is 1.62. The monoisotopic (exact) mass is 189 g/mol. The van der Waals surface area contributed by atoms with Crippen LogP contribution in [0.3, 0.4) is 0 Å². The average Bonchev–Trinajstić information content (AvgIpc) is 2.35. The summed E-state index contributed by atoms with van der Waals surface area (Å²) in [6.07, 6.45) is 0. The van der Waals surface area contributed by atoms with Crippen LogP contribution in [0, 0.1) is 0 Å². The number of hydrogen-bond acceptors (Lipinski definition) is 4. The summed E-state index contributed by atoms with van der Waals surface area (Å²) in [5.41, 5.74) is 5.84. The van der Waals surface area contributed by atoms with Gasteiger partial charge >= 0.3 is 0 Å². The van der Waals surface area contributed by atoms with Gasteiger partial charge in [-0.25, -0.2) is 8.42 Å². The Bertz CT molecular complexity index is 355. The van der Waals surface area contributed by atoms with Crippen LogP contribution in [-0.2, 0) is 15.6 Å². The molecule has 0 saturated carbocycles. The maximum absolute atomic E-state index is 11.1. The first kappa shape index (κ1) is 9.05. The van der Waals surface area contributed by atoms with Gasteiger partial charge in [-0.3, -0.25) is 5.10 Å². The molecule has 0 bridgehead atoms. The molecule has 5 nitrogen and oxygen atoms in total. The van der Waals surface area contributed by atoms with Gasteiger partial charge in [-0.2, -0.15) is 5.10 Å². The minimum atomic E-state index is -2.99. The molecule has 1 aromatic heterocycles. The summed E-state index contributed by atoms with van der Waals surface area (Å²) in [5.74, 6) is 0.427. The molecule has 0 saturated heterocycles. The molecule has 1 rings (SSSR count). The molecule has 0 amide bonds. The normalized spacial score (nSPS) is 11.8. The number of anilines is 1. The highest BCUT2D eigenvalue weighted by Crippen LogP contribution is 2.05. The van der Waals surface area contributed by atoms with Crippen molar-refractivity contribution in [1.82, 2.24) is 10.2 Å². The van der Waals surface area contributed by atoms with Gasteiger partial charge in [-0.05, 0) is 0 Å². The van der Waals surface area contributed by atoms with Crippen molar-refractivity contribution in [3.05, 3.63) is 11.8 Å². The van der Waals surface area contributed by atoms with E-state index in [0.717, 1.165) is 0 Å².